The van der Waals surface area contributed by atoms with Crippen molar-refractivity contribution in [1.82, 2.24) is 0 Å². The van der Waals surface area contributed by atoms with Gasteiger partial charge in [0.2, 0.25) is 0 Å². The number of rotatable bonds is 4. The van der Waals surface area contributed by atoms with Crippen LogP contribution in [0.5, 0.6) is 0 Å². The highest BCUT2D eigenvalue weighted by Gasteiger charge is 2.00. The van der Waals surface area contributed by atoms with Crippen molar-refractivity contribution in [2.24, 2.45) is 0 Å². The topological polar surface area (TPSA) is 132 Å². The van der Waals surface area contributed by atoms with Crippen LogP contribution >= 0.6 is 0 Å². The minimum absolute atomic E-state index is 0.0201. The normalized spacial score (nSPS) is 9.93. The maximum atomic E-state index is 10.0. The average molecular weight is 228 g/mol. The molecular formula is C6H12O7S. The van der Waals surface area contributed by atoms with Gasteiger partial charge in [-0.1, -0.05) is 6.58 Å². The first-order valence-corrected chi connectivity index (χ1v) is 4.80. The lowest BCUT2D eigenvalue weighted by Gasteiger charge is -1.94. The van der Waals surface area contributed by atoms with Crippen molar-refractivity contribution in [2.75, 3.05) is 6.61 Å². The Balaban J connectivity index is 0. The summed E-state index contributed by atoms with van der Waals surface area (Å²) in [7, 11) is -4.67. The number of hydrogen-bond donors (Lipinski definition) is 4. The van der Waals surface area contributed by atoms with Gasteiger partial charge >= 0.3 is 16.4 Å². The Hall–Kier alpha value is -0.960. The van der Waals surface area contributed by atoms with E-state index >= 15 is 0 Å². The minimum atomic E-state index is -4.67. The standard InChI is InChI=1S/C6H10O3.H2O4S/c1-5(6(8)9)3-2-4-7;1-5(2,3)4/h7H,1-4H2,(H,8,9);(H2,1,2,3,4). The quantitative estimate of drug-likeness (QED) is 0.385. The van der Waals surface area contributed by atoms with E-state index in [0.717, 1.165) is 0 Å². The summed E-state index contributed by atoms with van der Waals surface area (Å²) in [6, 6.07) is 0. The van der Waals surface area contributed by atoms with E-state index in [1.165, 1.54) is 0 Å². The molecule has 8 heteroatoms. The second-order valence-electron chi connectivity index (χ2n) is 2.18. The van der Waals surface area contributed by atoms with Crippen molar-refractivity contribution in [1.29, 1.82) is 0 Å². The molecule has 0 rings (SSSR count). The first-order valence-electron chi connectivity index (χ1n) is 3.40. The largest absolute Gasteiger partial charge is 0.478 e. The van der Waals surface area contributed by atoms with Crippen molar-refractivity contribution >= 4 is 16.4 Å². The zero-order chi connectivity index (χ0) is 11.8. The van der Waals surface area contributed by atoms with Crippen LogP contribution in [0.1, 0.15) is 12.8 Å². The third-order valence-corrected chi connectivity index (χ3v) is 0.939. The van der Waals surface area contributed by atoms with Gasteiger partial charge in [0, 0.05) is 12.2 Å². The molecule has 0 atom stereocenters. The van der Waals surface area contributed by atoms with Crippen molar-refractivity contribution in [2.45, 2.75) is 12.8 Å². The number of aliphatic hydroxyl groups is 1. The summed E-state index contributed by atoms with van der Waals surface area (Å²) in [5.74, 6) is -0.983. The van der Waals surface area contributed by atoms with Crippen LogP contribution in [0.2, 0.25) is 0 Å². The second kappa shape index (κ2) is 7.44. The number of carboxylic acid groups (broad SMARTS) is 1. The van der Waals surface area contributed by atoms with Crippen molar-refractivity contribution < 1.29 is 32.5 Å². The van der Waals surface area contributed by atoms with E-state index in [9.17, 15) is 4.79 Å². The zero-order valence-electron chi connectivity index (χ0n) is 7.25. The van der Waals surface area contributed by atoms with Crippen LogP contribution in [0.25, 0.3) is 0 Å². The Morgan fingerprint density at radius 3 is 1.86 bits per heavy atom. The maximum Gasteiger partial charge on any atom is 0.394 e. The molecule has 0 unspecified atom stereocenters. The summed E-state index contributed by atoms with van der Waals surface area (Å²) >= 11 is 0. The van der Waals surface area contributed by atoms with Gasteiger partial charge in [0.05, 0.1) is 0 Å². The molecule has 0 saturated carbocycles. The van der Waals surface area contributed by atoms with Crippen molar-refractivity contribution in [3.63, 3.8) is 0 Å². The Bertz CT molecular complexity index is 271. The highest BCUT2D eigenvalue weighted by atomic mass is 32.3. The van der Waals surface area contributed by atoms with Crippen LogP contribution in [0.4, 0.5) is 0 Å². The predicted octanol–water partition coefficient (Wildman–Crippen LogP) is -0.253. The molecule has 0 bridgehead atoms. The summed E-state index contributed by atoms with van der Waals surface area (Å²) in [5, 5.41) is 16.5. The SMILES string of the molecule is C=C(CCCO)C(=O)O.O=S(=O)(O)O. The molecule has 0 radical (unpaired) electrons. The summed E-state index contributed by atoms with van der Waals surface area (Å²) in [5.41, 5.74) is 0.157. The number of hydrogen-bond acceptors (Lipinski definition) is 4. The molecule has 0 aliphatic rings. The minimum Gasteiger partial charge on any atom is -0.478 e. The Morgan fingerprint density at radius 2 is 1.64 bits per heavy atom. The van der Waals surface area contributed by atoms with Crippen LogP contribution in [-0.4, -0.2) is 40.3 Å². The molecule has 84 valence electrons. The third-order valence-electron chi connectivity index (χ3n) is 0.939. The Labute approximate surface area is 81.3 Å². The first kappa shape index (κ1) is 15.5. The Morgan fingerprint density at radius 1 is 1.29 bits per heavy atom. The molecule has 14 heavy (non-hydrogen) atoms. The summed E-state index contributed by atoms with van der Waals surface area (Å²) in [6.45, 7) is 3.30. The second-order valence-corrected chi connectivity index (χ2v) is 3.08. The fraction of sp³-hybridized carbons (Fsp3) is 0.500. The van der Waals surface area contributed by atoms with Crippen LogP contribution in [-0.2, 0) is 15.2 Å². The molecule has 0 aromatic heterocycles. The maximum absolute atomic E-state index is 10.0. The molecule has 0 aliphatic heterocycles. The van der Waals surface area contributed by atoms with E-state index in [2.05, 4.69) is 6.58 Å². The monoisotopic (exact) mass is 228 g/mol. The molecule has 0 aromatic rings. The third kappa shape index (κ3) is 22.5. The number of carbonyl (C=O) groups is 1. The van der Waals surface area contributed by atoms with Crippen molar-refractivity contribution in [3.8, 4) is 0 Å². The number of aliphatic hydroxyl groups excluding tert-OH is 1. The number of aliphatic carboxylic acids is 1. The lowest BCUT2D eigenvalue weighted by molar-refractivity contribution is -0.132. The van der Waals surface area contributed by atoms with Gasteiger partial charge in [0.1, 0.15) is 0 Å². The van der Waals surface area contributed by atoms with Crippen LogP contribution in [0, 0.1) is 0 Å². The lowest BCUT2D eigenvalue weighted by Crippen LogP contribution is -1.99. The van der Waals surface area contributed by atoms with E-state index in [0.29, 0.717) is 12.8 Å². The molecule has 0 amide bonds. The molecule has 0 aliphatic carbocycles. The summed E-state index contributed by atoms with van der Waals surface area (Å²) < 4.78 is 31.6. The van der Waals surface area contributed by atoms with Gasteiger partial charge in [0.15, 0.2) is 0 Å². The highest BCUT2D eigenvalue weighted by molar-refractivity contribution is 7.79. The van der Waals surface area contributed by atoms with Gasteiger partial charge in [0.25, 0.3) is 0 Å². The fourth-order valence-corrected chi connectivity index (χ4v) is 0.399. The molecule has 7 nitrogen and oxygen atoms in total. The first-order chi connectivity index (χ1) is 6.18. The van der Waals surface area contributed by atoms with Gasteiger partial charge in [-0.15, -0.1) is 0 Å². The van der Waals surface area contributed by atoms with Crippen LogP contribution in [0.15, 0.2) is 12.2 Å². The van der Waals surface area contributed by atoms with Gasteiger partial charge in [-0.2, -0.15) is 8.42 Å². The molecule has 0 aromatic carbocycles. The summed E-state index contributed by atoms with van der Waals surface area (Å²) in [4.78, 5) is 10.0. The lowest BCUT2D eigenvalue weighted by atomic mass is 10.2. The average Bonchev–Trinajstić information content (AvgIpc) is 1.96. The Kier molecular flexibility index (Phi) is 8.25. The molecule has 0 fully saturated rings. The van der Waals surface area contributed by atoms with Gasteiger partial charge in [-0.05, 0) is 12.8 Å². The van der Waals surface area contributed by atoms with E-state index in [1.807, 2.05) is 0 Å². The molecule has 0 saturated heterocycles. The van der Waals surface area contributed by atoms with Crippen LogP contribution in [0.3, 0.4) is 0 Å². The van der Waals surface area contributed by atoms with Gasteiger partial charge < -0.3 is 10.2 Å². The zero-order valence-corrected chi connectivity index (χ0v) is 8.07. The number of carboxylic acids is 1. The predicted molar refractivity (Wildman–Crippen MR) is 47.3 cm³/mol. The molecule has 0 heterocycles. The fourth-order valence-electron chi connectivity index (χ4n) is 0.399. The molecule has 0 spiro atoms. The van der Waals surface area contributed by atoms with E-state index in [-0.39, 0.29) is 12.2 Å². The van der Waals surface area contributed by atoms with E-state index in [4.69, 9.17) is 27.7 Å². The smallest absolute Gasteiger partial charge is 0.394 e. The highest BCUT2D eigenvalue weighted by Crippen LogP contribution is 2.00. The summed E-state index contributed by atoms with van der Waals surface area (Å²) in [6.07, 6.45) is 0.844. The van der Waals surface area contributed by atoms with Crippen LogP contribution < -0.4 is 0 Å². The van der Waals surface area contributed by atoms with Gasteiger partial charge in [-0.25, -0.2) is 4.79 Å². The van der Waals surface area contributed by atoms with Gasteiger partial charge in [-0.3, -0.25) is 9.11 Å². The molecule has 4 N–H and O–H groups in total. The van der Waals surface area contributed by atoms with E-state index < -0.39 is 16.4 Å². The van der Waals surface area contributed by atoms with Crippen molar-refractivity contribution in [3.05, 3.63) is 12.2 Å². The molecular weight excluding hydrogens is 216 g/mol. The van der Waals surface area contributed by atoms with E-state index in [1.54, 1.807) is 0 Å².